The summed E-state index contributed by atoms with van der Waals surface area (Å²) < 4.78 is 5.08. The molecule has 0 fully saturated rings. The van der Waals surface area contributed by atoms with Crippen molar-refractivity contribution in [1.82, 2.24) is 25.8 Å². The number of hydrogen-bond acceptors (Lipinski definition) is 6. The molecule has 30 heavy (non-hydrogen) atoms. The zero-order valence-corrected chi connectivity index (χ0v) is 17.5. The number of carbonyl (C=O) groups is 2. The van der Waals surface area contributed by atoms with Crippen molar-refractivity contribution in [2.24, 2.45) is 0 Å². The molecule has 1 atom stereocenters. The van der Waals surface area contributed by atoms with E-state index in [1.165, 1.54) is 11.8 Å². The molecule has 0 saturated heterocycles. The van der Waals surface area contributed by atoms with Crippen molar-refractivity contribution in [3.63, 3.8) is 0 Å². The van der Waals surface area contributed by atoms with Gasteiger partial charge in [-0.1, -0.05) is 42.1 Å². The number of amides is 2. The van der Waals surface area contributed by atoms with Gasteiger partial charge >= 0.3 is 0 Å². The fraction of sp³-hybridized carbons (Fsp3) is 0.238. The average molecular weight is 426 g/mol. The Kier molecular flexibility index (Phi) is 7.45. The normalized spacial score (nSPS) is 11.5. The first kappa shape index (κ1) is 21.4. The van der Waals surface area contributed by atoms with Gasteiger partial charge in [0.1, 0.15) is 11.6 Å². The van der Waals surface area contributed by atoms with Crippen LogP contribution in [0.25, 0.3) is 0 Å². The maximum absolute atomic E-state index is 12.2. The number of carbonyl (C=O) groups excluding carboxylic acids is 2. The second kappa shape index (κ2) is 10.4. The standard InChI is InChI=1S/C21H23N5O3S/c1-14(15-6-4-3-5-7-15)23-19(27)13-30-21-24-18(25-26-21)12-22-20(28)16-8-10-17(29-2)11-9-16/h3-11,14H,12-13H2,1-2H3,(H,22,28)(H,23,27)(H,24,25,26). The summed E-state index contributed by atoms with van der Waals surface area (Å²) in [6.45, 7) is 2.14. The lowest BCUT2D eigenvalue weighted by atomic mass is 10.1. The van der Waals surface area contributed by atoms with Crippen LogP contribution >= 0.6 is 11.8 Å². The summed E-state index contributed by atoms with van der Waals surface area (Å²) in [6, 6.07) is 16.5. The van der Waals surface area contributed by atoms with Crippen LogP contribution in [0, 0.1) is 0 Å². The van der Waals surface area contributed by atoms with Crippen LogP contribution in [-0.4, -0.2) is 39.9 Å². The van der Waals surface area contributed by atoms with Gasteiger partial charge in [-0.25, -0.2) is 4.98 Å². The van der Waals surface area contributed by atoms with Gasteiger partial charge in [0, 0.05) is 5.56 Å². The van der Waals surface area contributed by atoms with Crippen molar-refractivity contribution >= 4 is 23.6 Å². The minimum absolute atomic E-state index is 0.0739. The number of nitrogens with one attached hydrogen (secondary N) is 3. The summed E-state index contributed by atoms with van der Waals surface area (Å²) in [6.07, 6.45) is 0. The van der Waals surface area contributed by atoms with Crippen molar-refractivity contribution in [3.8, 4) is 5.75 Å². The highest BCUT2D eigenvalue weighted by atomic mass is 32.2. The van der Waals surface area contributed by atoms with E-state index in [0.717, 1.165) is 5.56 Å². The lowest BCUT2D eigenvalue weighted by molar-refractivity contribution is -0.119. The summed E-state index contributed by atoms with van der Waals surface area (Å²) in [7, 11) is 1.57. The van der Waals surface area contributed by atoms with E-state index in [9.17, 15) is 9.59 Å². The summed E-state index contributed by atoms with van der Waals surface area (Å²) in [5, 5.41) is 13.0. The zero-order chi connectivity index (χ0) is 21.3. The Morgan fingerprint density at radius 2 is 1.87 bits per heavy atom. The third kappa shape index (κ3) is 6.08. The van der Waals surface area contributed by atoms with Crippen LogP contribution in [0.3, 0.4) is 0 Å². The largest absolute Gasteiger partial charge is 0.497 e. The fourth-order valence-corrected chi connectivity index (χ4v) is 3.30. The Balaban J connectivity index is 1.43. The fourth-order valence-electron chi connectivity index (χ4n) is 2.67. The predicted molar refractivity (Wildman–Crippen MR) is 114 cm³/mol. The molecule has 2 amide bonds. The van der Waals surface area contributed by atoms with E-state index in [1.54, 1.807) is 31.4 Å². The summed E-state index contributed by atoms with van der Waals surface area (Å²) in [4.78, 5) is 28.6. The van der Waals surface area contributed by atoms with Gasteiger partial charge in [-0.3, -0.25) is 14.7 Å². The third-order valence-electron chi connectivity index (χ3n) is 4.29. The average Bonchev–Trinajstić information content (AvgIpc) is 3.24. The van der Waals surface area contributed by atoms with Gasteiger partial charge in [0.15, 0.2) is 0 Å². The monoisotopic (exact) mass is 425 g/mol. The number of rotatable bonds is 9. The first-order chi connectivity index (χ1) is 14.5. The lowest BCUT2D eigenvalue weighted by Gasteiger charge is -2.13. The highest BCUT2D eigenvalue weighted by Gasteiger charge is 2.12. The number of ether oxygens (including phenoxy) is 1. The molecule has 0 aliphatic carbocycles. The van der Waals surface area contributed by atoms with E-state index in [0.29, 0.717) is 22.3 Å². The molecule has 0 aliphatic heterocycles. The molecule has 0 bridgehead atoms. The third-order valence-corrected chi connectivity index (χ3v) is 5.14. The molecule has 8 nitrogen and oxygen atoms in total. The molecule has 3 rings (SSSR count). The number of aromatic nitrogens is 3. The Bertz CT molecular complexity index is 976. The molecule has 2 aromatic carbocycles. The number of methoxy groups -OCH3 is 1. The molecule has 0 saturated carbocycles. The van der Waals surface area contributed by atoms with Crippen LogP contribution in [0.5, 0.6) is 5.75 Å². The van der Waals surface area contributed by atoms with E-state index < -0.39 is 0 Å². The predicted octanol–water partition coefficient (Wildman–Crippen LogP) is 2.71. The van der Waals surface area contributed by atoms with Gasteiger partial charge in [0.25, 0.3) is 5.91 Å². The van der Waals surface area contributed by atoms with E-state index >= 15 is 0 Å². The minimum Gasteiger partial charge on any atom is -0.497 e. The van der Waals surface area contributed by atoms with Crippen molar-refractivity contribution in [1.29, 1.82) is 0 Å². The Morgan fingerprint density at radius 1 is 1.13 bits per heavy atom. The summed E-state index contributed by atoms with van der Waals surface area (Å²) in [5.41, 5.74) is 1.57. The molecule has 0 spiro atoms. The summed E-state index contributed by atoms with van der Waals surface area (Å²) >= 11 is 1.23. The van der Waals surface area contributed by atoms with E-state index in [4.69, 9.17) is 4.74 Å². The van der Waals surface area contributed by atoms with Crippen molar-refractivity contribution in [2.45, 2.75) is 24.7 Å². The Hall–Kier alpha value is -3.33. The number of thioether (sulfide) groups is 1. The number of aromatic amines is 1. The van der Waals surface area contributed by atoms with Gasteiger partial charge in [0.2, 0.25) is 11.1 Å². The van der Waals surface area contributed by atoms with E-state index in [2.05, 4.69) is 25.8 Å². The SMILES string of the molecule is COc1ccc(C(=O)NCc2nc(SCC(=O)NC(C)c3ccccc3)n[nH]2)cc1. The molecular formula is C21H23N5O3S. The topological polar surface area (TPSA) is 109 Å². The van der Waals surface area contributed by atoms with Crippen molar-refractivity contribution in [3.05, 3.63) is 71.5 Å². The highest BCUT2D eigenvalue weighted by Crippen LogP contribution is 2.15. The highest BCUT2D eigenvalue weighted by molar-refractivity contribution is 7.99. The van der Waals surface area contributed by atoms with Crippen LogP contribution in [0.2, 0.25) is 0 Å². The Labute approximate surface area is 178 Å². The minimum atomic E-state index is -0.225. The second-order valence-electron chi connectivity index (χ2n) is 6.46. The molecule has 3 N–H and O–H groups in total. The van der Waals surface area contributed by atoms with Gasteiger partial charge in [-0.05, 0) is 36.8 Å². The van der Waals surface area contributed by atoms with Gasteiger partial charge in [0.05, 0.1) is 25.4 Å². The van der Waals surface area contributed by atoms with E-state index in [-0.39, 0.29) is 30.2 Å². The van der Waals surface area contributed by atoms with Crippen LogP contribution in [0.4, 0.5) is 0 Å². The van der Waals surface area contributed by atoms with Crippen LogP contribution in [-0.2, 0) is 11.3 Å². The molecular weight excluding hydrogens is 402 g/mol. The molecule has 1 unspecified atom stereocenters. The van der Waals surface area contributed by atoms with Crippen molar-refractivity contribution < 1.29 is 14.3 Å². The van der Waals surface area contributed by atoms with Gasteiger partial charge < -0.3 is 15.4 Å². The van der Waals surface area contributed by atoms with Crippen molar-refractivity contribution in [2.75, 3.05) is 12.9 Å². The second-order valence-corrected chi connectivity index (χ2v) is 7.41. The molecule has 156 valence electrons. The number of H-pyrrole nitrogens is 1. The molecule has 0 radical (unpaired) electrons. The van der Waals surface area contributed by atoms with Gasteiger partial charge in [-0.2, -0.15) is 0 Å². The van der Waals surface area contributed by atoms with Gasteiger partial charge in [-0.15, -0.1) is 5.10 Å². The molecule has 1 heterocycles. The number of hydrogen-bond donors (Lipinski definition) is 3. The first-order valence-electron chi connectivity index (χ1n) is 9.36. The van der Waals surface area contributed by atoms with E-state index in [1.807, 2.05) is 37.3 Å². The first-order valence-corrected chi connectivity index (χ1v) is 10.3. The number of benzene rings is 2. The number of nitrogens with zero attached hydrogens (tertiary/aromatic N) is 2. The smallest absolute Gasteiger partial charge is 0.251 e. The maximum atomic E-state index is 12.2. The maximum Gasteiger partial charge on any atom is 0.251 e. The molecule has 3 aromatic rings. The van der Waals surface area contributed by atoms with Crippen LogP contribution in [0.1, 0.15) is 34.7 Å². The van der Waals surface area contributed by atoms with Crippen LogP contribution in [0.15, 0.2) is 59.8 Å². The Morgan fingerprint density at radius 3 is 2.57 bits per heavy atom. The van der Waals surface area contributed by atoms with Crippen LogP contribution < -0.4 is 15.4 Å². The zero-order valence-electron chi connectivity index (χ0n) is 16.7. The quantitative estimate of drug-likeness (QED) is 0.455. The summed E-state index contributed by atoms with van der Waals surface area (Å²) in [5.74, 6) is 1.07. The molecule has 9 heteroatoms. The molecule has 1 aromatic heterocycles. The molecule has 0 aliphatic rings. The lowest BCUT2D eigenvalue weighted by Crippen LogP contribution is -2.28.